The number of piperazine rings is 1. The second-order valence-corrected chi connectivity index (χ2v) is 6.26. The number of rotatable bonds is 2. The van der Waals surface area contributed by atoms with Crippen LogP contribution in [0.2, 0.25) is 10.0 Å². The smallest absolute Gasteiger partial charge is 0.0441 e. The Morgan fingerprint density at radius 1 is 1.22 bits per heavy atom. The minimum absolute atomic E-state index is 0.453. The Bertz CT molecular complexity index is 400. The number of nitrogens with one attached hydrogen (secondary N) is 1. The molecule has 18 heavy (non-hydrogen) atoms. The zero-order valence-corrected chi connectivity index (χ0v) is 12.6. The van der Waals surface area contributed by atoms with Crippen LogP contribution in [0.3, 0.4) is 0 Å². The maximum atomic E-state index is 6.09. The van der Waals surface area contributed by atoms with Crippen LogP contribution in [-0.2, 0) is 0 Å². The lowest BCUT2D eigenvalue weighted by Crippen LogP contribution is -2.57. The van der Waals surface area contributed by atoms with E-state index in [9.17, 15) is 0 Å². The zero-order chi connectivity index (χ0) is 13.3. The molecule has 0 bridgehead atoms. The molecule has 1 fully saturated rings. The van der Waals surface area contributed by atoms with E-state index in [1.807, 2.05) is 12.1 Å². The average molecular weight is 287 g/mol. The van der Waals surface area contributed by atoms with Gasteiger partial charge in [0.1, 0.15) is 0 Å². The molecule has 2 atom stereocenters. The summed E-state index contributed by atoms with van der Waals surface area (Å²) >= 11 is 12.2. The number of anilines is 1. The van der Waals surface area contributed by atoms with Crippen molar-refractivity contribution >= 4 is 28.9 Å². The minimum atomic E-state index is 0.453. The van der Waals surface area contributed by atoms with Gasteiger partial charge in [-0.2, -0.15) is 0 Å². The van der Waals surface area contributed by atoms with E-state index in [4.69, 9.17) is 23.2 Å². The summed E-state index contributed by atoms with van der Waals surface area (Å²) in [5.74, 6) is 0.620. The average Bonchev–Trinajstić information content (AvgIpc) is 2.27. The van der Waals surface area contributed by atoms with Crippen LogP contribution in [0.15, 0.2) is 18.2 Å². The van der Waals surface area contributed by atoms with Crippen LogP contribution in [0.4, 0.5) is 5.69 Å². The van der Waals surface area contributed by atoms with Gasteiger partial charge >= 0.3 is 0 Å². The van der Waals surface area contributed by atoms with Gasteiger partial charge in [0.25, 0.3) is 0 Å². The van der Waals surface area contributed by atoms with Gasteiger partial charge in [0.05, 0.1) is 0 Å². The summed E-state index contributed by atoms with van der Waals surface area (Å²) in [6.45, 7) is 8.70. The molecule has 1 aromatic rings. The molecule has 1 aliphatic rings. The summed E-state index contributed by atoms with van der Waals surface area (Å²) < 4.78 is 0. The fourth-order valence-electron chi connectivity index (χ4n) is 2.40. The standard InChI is InChI=1S/C14H20Cl2N2/c1-9(2)14-8-18(10(3)7-17-14)13-5-11(15)4-12(16)6-13/h4-6,9-10,14,17H,7-8H2,1-3H3. The molecular weight excluding hydrogens is 267 g/mol. The van der Waals surface area contributed by atoms with Gasteiger partial charge in [-0.25, -0.2) is 0 Å². The first kappa shape index (κ1) is 14.0. The zero-order valence-electron chi connectivity index (χ0n) is 11.1. The van der Waals surface area contributed by atoms with Crippen LogP contribution in [0.5, 0.6) is 0 Å². The van der Waals surface area contributed by atoms with E-state index >= 15 is 0 Å². The molecule has 1 aromatic carbocycles. The van der Waals surface area contributed by atoms with E-state index in [1.165, 1.54) is 0 Å². The molecule has 2 rings (SSSR count). The van der Waals surface area contributed by atoms with E-state index in [1.54, 1.807) is 6.07 Å². The van der Waals surface area contributed by atoms with Gasteiger partial charge in [-0.15, -0.1) is 0 Å². The Kier molecular flexibility index (Phi) is 4.41. The quantitative estimate of drug-likeness (QED) is 0.889. The fourth-order valence-corrected chi connectivity index (χ4v) is 2.91. The molecule has 2 unspecified atom stereocenters. The summed E-state index contributed by atoms with van der Waals surface area (Å²) in [7, 11) is 0. The van der Waals surface area contributed by atoms with Crippen molar-refractivity contribution < 1.29 is 0 Å². The SMILES string of the molecule is CC(C)C1CN(c2cc(Cl)cc(Cl)c2)C(C)CN1. The first-order chi connectivity index (χ1) is 8.47. The van der Waals surface area contributed by atoms with Gasteiger partial charge in [0.15, 0.2) is 0 Å². The van der Waals surface area contributed by atoms with E-state index < -0.39 is 0 Å². The Hall–Kier alpha value is -0.440. The molecule has 1 saturated heterocycles. The Morgan fingerprint density at radius 2 is 1.83 bits per heavy atom. The molecule has 0 saturated carbocycles. The van der Waals surface area contributed by atoms with Crippen LogP contribution in [0, 0.1) is 5.92 Å². The predicted molar refractivity (Wildman–Crippen MR) is 79.9 cm³/mol. The van der Waals surface area contributed by atoms with Crippen LogP contribution in [-0.4, -0.2) is 25.2 Å². The van der Waals surface area contributed by atoms with Crippen molar-refractivity contribution in [2.45, 2.75) is 32.9 Å². The topological polar surface area (TPSA) is 15.3 Å². The second kappa shape index (κ2) is 5.68. The van der Waals surface area contributed by atoms with Crippen molar-refractivity contribution in [3.8, 4) is 0 Å². The van der Waals surface area contributed by atoms with Gasteiger partial charge in [-0.05, 0) is 31.0 Å². The third-order valence-corrected chi connectivity index (χ3v) is 4.02. The molecule has 0 spiro atoms. The molecule has 0 radical (unpaired) electrons. The molecular formula is C14H20Cl2N2. The third-order valence-electron chi connectivity index (χ3n) is 3.58. The van der Waals surface area contributed by atoms with Crippen LogP contribution in [0.25, 0.3) is 0 Å². The van der Waals surface area contributed by atoms with E-state index in [-0.39, 0.29) is 0 Å². The highest BCUT2D eigenvalue weighted by Gasteiger charge is 2.27. The lowest BCUT2D eigenvalue weighted by atomic mass is 9.99. The lowest BCUT2D eigenvalue weighted by Gasteiger charge is -2.42. The van der Waals surface area contributed by atoms with Gasteiger partial charge < -0.3 is 10.2 Å². The molecule has 1 heterocycles. The molecule has 100 valence electrons. The van der Waals surface area contributed by atoms with Crippen molar-refractivity contribution in [3.63, 3.8) is 0 Å². The number of hydrogen-bond acceptors (Lipinski definition) is 2. The molecule has 4 heteroatoms. The van der Waals surface area contributed by atoms with Crippen molar-refractivity contribution in [1.29, 1.82) is 0 Å². The highest BCUT2D eigenvalue weighted by Crippen LogP contribution is 2.28. The predicted octanol–water partition coefficient (Wildman–Crippen LogP) is 3.82. The molecule has 0 aromatic heterocycles. The van der Waals surface area contributed by atoms with Crippen molar-refractivity contribution in [1.82, 2.24) is 5.32 Å². The van der Waals surface area contributed by atoms with Crippen molar-refractivity contribution in [2.75, 3.05) is 18.0 Å². The summed E-state index contributed by atoms with van der Waals surface area (Å²) in [6, 6.07) is 6.73. The largest absolute Gasteiger partial charge is 0.366 e. The lowest BCUT2D eigenvalue weighted by molar-refractivity contribution is 0.337. The fraction of sp³-hybridized carbons (Fsp3) is 0.571. The first-order valence-electron chi connectivity index (χ1n) is 6.43. The van der Waals surface area contributed by atoms with Gasteiger partial charge in [0, 0.05) is 40.9 Å². The van der Waals surface area contributed by atoms with Crippen LogP contribution < -0.4 is 10.2 Å². The Balaban J connectivity index is 2.23. The van der Waals surface area contributed by atoms with Gasteiger partial charge in [-0.1, -0.05) is 37.0 Å². The van der Waals surface area contributed by atoms with E-state index in [2.05, 4.69) is 31.0 Å². The number of benzene rings is 1. The van der Waals surface area contributed by atoms with Crippen molar-refractivity contribution in [3.05, 3.63) is 28.2 Å². The summed E-state index contributed by atoms with van der Waals surface area (Å²) in [5.41, 5.74) is 1.12. The maximum Gasteiger partial charge on any atom is 0.0441 e. The minimum Gasteiger partial charge on any atom is -0.366 e. The Labute approximate surface area is 119 Å². The molecule has 1 N–H and O–H groups in total. The summed E-state index contributed by atoms with van der Waals surface area (Å²) in [4.78, 5) is 2.39. The molecule has 1 aliphatic heterocycles. The summed E-state index contributed by atoms with van der Waals surface area (Å²) in [5, 5.41) is 4.99. The summed E-state index contributed by atoms with van der Waals surface area (Å²) in [6.07, 6.45) is 0. The van der Waals surface area contributed by atoms with Crippen LogP contribution in [0.1, 0.15) is 20.8 Å². The van der Waals surface area contributed by atoms with E-state index in [0.29, 0.717) is 28.0 Å². The highest BCUT2D eigenvalue weighted by molar-refractivity contribution is 6.35. The molecule has 2 nitrogen and oxygen atoms in total. The second-order valence-electron chi connectivity index (χ2n) is 5.39. The maximum absolute atomic E-state index is 6.09. The third kappa shape index (κ3) is 3.11. The van der Waals surface area contributed by atoms with E-state index in [0.717, 1.165) is 18.8 Å². The van der Waals surface area contributed by atoms with Gasteiger partial charge in [-0.3, -0.25) is 0 Å². The number of nitrogens with zero attached hydrogens (tertiary/aromatic N) is 1. The highest BCUT2D eigenvalue weighted by atomic mass is 35.5. The monoisotopic (exact) mass is 286 g/mol. The van der Waals surface area contributed by atoms with Gasteiger partial charge in [0.2, 0.25) is 0 Å². The Morgan fingerprint density at radius 3 is 2.39 bits per heavy atom. The number of halogens is 2. The molecule has 0 amide bonds. The normalized spacial score (nSPS) is 24.7. The van der Waals surface area contributed by atoms with Crippen LogP contribution >= 0.6 is 23.2 Å². The number of hydrogen-bond donors (Lipinski definition) is 1. The van der Waals surface area contributed by atoms with Crippen molar-refractivity contribution in [2.24, 2.45) is 5.92 Å². The molecule has 0 aliphatic carbocycles. The first-order valence-corrected chi connectivity index (χ1v) is 7.19.